The molecule has 4 heteroatoms. The highest BCUT2D eigenvalue weighted by Gasteiger charge is 2.24. The van der Waals surface area contributed by atoms with E-state index in [1.165, 1.54) is 19.0 Å². The van der Waals surface area contributed by atoms with E-state index in [2.05, 4.69) is 23.7 Å². The molecule has 1 saturated heterocycles. The average Bonchev–Trinajstić information content (AvgIpc) is 2.34. The molecule has 2 heterocycles. The van der Waals surface area contributed by atoms with Gasteiger partial charge >= 0.3 is 5.97 Å². The van der Waals surface area contributed by atoms with Crippen LogP contribution in [0.1, 0.15) is 42.7 Å². The van der Waals surface area contributed by atoms with Crippen LogP contribution in [0.15, 0.2) is 18.3 Å². The first-order chi connectivity index (χ1) is 8.58. The lowest BCUT2D eigenvalue weighted by Crippen LogP contribution is -2.40. The molecule has 0 spiro atoms. The fourth-order valence-electron chi connectivity index (χ4n) is 2.58. The topological polar surface area (TPSA) is 53.4 Å². The third kappa shape index (κ3) is 2.88. The number of carboxylic acids is 1. The summed E-state index contributed by atoms with van der Waals surface area (Å²) < 4.78 is 0. The molecule has 0 amide bonds. The predicted molar refractivity (Wildman–Crippen MR) is 69.5 cm³/mol. The van der Waals surface area contributed by atoms with Crippen LogP contribution in [0.5, 0.6) is 0 Å². The smallest absolute Gasteiger partial charge is 0.354 e. The number of hydrogen-bond acceptors (Lipinski definition) is 3. The lowest BCUT2D eigenvalue weighted by atomic mass is 9.94. The third-order valence-electron chi connectivity index (χ3n) is 3.71. The minimum absolute atomic E-state index is 0.183. The van der Waals surface area contributed by atoms with E-state index in [1.807, 2.05) is 6.07 Å². The first kappa shape index (κ1) is 13.0. The molecular weight excluding hydrogens is 228 g/mol. The minimum Gasteiger partial charge on any atom is -0.477 e. The summed E-state index contributed by atoms with van der Waals surface area (Å²) in [7, 11) is 0. The third-order valence-corrected chi connectivity index (χ3v) is 3.71. The normalized spacial score (nSPS) is 25.0. The first-order valence-corrected chi connectivity index (χ1v) is 6.49. The summed E-state index contributed by atoms with van der Waals surface area (Å²) in [6.45, 7) is 6.18. The fraction of sp³-hybridized carbons (Fsp3) is 0.571. The van der Waals surface area contributed by atoms with Crippen LogP contribution in [-0.2, 0) is 6.54 Å². The van der Waals surface area contributed by atoms with E-state index in [4.69, 9.17) is 5.11 Å². The molecule has 0 aliphatic carbocycles. The van der Waals surface area contributed by atoms with E-state index < -0.39 is 5.97 Å². The molecule has 1 N–H and O–H groups in total. The number of likely N-dealkylation sites (tertiary alicyclic amines) is 1. The number of nitrogens with zero attached hydrogens (tertiary/aromatic N) is 2. The molecule has 1 aromatic heterocycles. The Morgan fingerprint density at radius 3 is 3.00 bits per heavy atom. The number of piperidine rings is 1. The number of hydrogen-bond donors (Lipinski definition) is 1. The van der Waals surface area contributed by atoms with E-state index in [-0.39, 0.29) is 5.69 Å². The van der Waals surface area contributed by atoms with Crippen molar-refractivity contribution in [2.75, 3.05) is 6.54 Å². The number of carbonyl (C=O) groups is 1. The molecule has 98 valence electrons. The van der Waals surface area contributed by atoms with Gasteiger partial charge in [0.15, 0.2) is 5.69 Å². The van der Waals surface area contributed by atoms with Crippen LogP contribution in [0.25, 0.3) is 0 Å². The number of aromatic nitrogens is 1. The molecule has 2 unspecified atom stereocenters. The van der Waals surface area contributed by atoms with Gasteiger partial charge in [0.1, 0.15) is 0 Å². The Morgan fingerprint density at radius 2 is 2.28 bits per heavy atom. The van der Waals surface area contributed by atoms with Gasteiger partial charge in [-0.25, -0.2) is 9.78 Å². The van der Waals surface area contributed by atoms with E-state index >= 15 is 0 Å². The quantitative estimate of drug-likeness (QED) is 0.892. The van der Waals surface area contributed by atoms with Crippen molar-refractivity contribution < 1.29 is 9.90 Å². The monoisotopic (exact) mass is 248 g/mol. The zero-order chi connectivity index (χ0) is 13.1. The molecule has 4 nitrogen and oxygen atoms in total. The summed E-state index contributed by atoms with van der Waals surface area (Å²) in [6.07, 6.45) is 3.98. The predicted octanol–water partition coefficient (Wildman–Crippen LogP) is 2.40. The summed E-state index contributed by atoms with van der Waals surface area (Å²) >= 11 is 0. The van der Waals surface area contributed by atoms with Gasteiger partial charge in [-0.15, -0.1) is 0 Å². The maximum atomic E-state index is 11.1. The Labute approximate surface area is 108 Å². The molecule has 2 rings (SSSR count). The highest BCUT2D eigenvalue weighted by molar-refractivity contribution is 5.86. The van der Waals surface area contributed by atoms with Gasteiger partial charge in [0, 0.05) is 25.3 Å². The van der Waals surface area contributed by atoms with E-state index in [1.54, 1.807) is 6.07 Å². The first-order valence-electron chi connectivity index (χ1n) is 6.49. The van der Waals surface area contributed by atoms with Crippen LogP contribution in [0.2, 0.25) is 0 Å². The van der Waals surface area contributed by atoms with Gasteiger partial charge in [-0.1, -0.05) is 13.0 Å². The van der Waals surface area contributed by atoms with Crippen molar-refractivity contribution in [1.82, 2.24) is 9.88 Å². The SMILES string of the molecule is CC1CCC(C)N(Cc2cccnc2C(=O)O)C1. The van der Waals surface area contributed by atoms with Crippen LogP contribution in [-0.4, -0.2) is 33.5 Å². The van der Waals surface area contributed by atoms with E-state index in [0.717, 1.165) is 12.1 Å². The van der Waals surface area contributed by atoms with Crippen LogP contribution in [0.4, 0.5) is 0 Å². The van der Waals surface area contributed by atoms with Crippen LogP contribution < -0.4 is 0 Å². The lowest BCUT2D eigenvalue weighted by molar-refractivity contribution is 0.0684. The molecule has 18 heavy (non-hydrogen) atoms. The van der Waals surface area contributed by atoms with Crippen molar-refractivity contribution in [1.29, 1.82) is 0 Å². The maximum absolute atomic E-state index is 11.1. The number of pyridine rings is 1. The van der Waals surface area contributed by atoms with Crippen molar-refractivity contribution in [3.8, 4) is 0 Å². The van der Waals surface area contributed by atoms with Crippen molar-refractivity contribution in [3.63, 3.8) is 0 Å². The van der Waals surface area contributed by atoms with Gasteiger partial charge in [0.05, 0.1) is 0 Å². The van der Waals surface area contributed by atoms with Crippen molar-refractivity contribution in [3.05, 3.63) is 29.6 Å². The van der Waals surface area contributed by atoms with Gasteiger partial charge in [-0.3, -0.25) is 4.90 Å². The molecule has 0 aromatic carbocycles. The molecule has 2 atom stereocenters. The fourth-order valence-corrected chi connectivity index (χ4v) is 2.58. The lowest BCUT2D eigenvalue weighted by Gasteiger charge is -2.36. The molecule has 0 bridgehead atoms. The summed E-state index contributed by atoms with van der Waals surface area (Å²) in [6, 6.07) is 4.19. The highest BCUT2D eigenvalue weighted by atomic mass is 16.4. The summed E-state index contributed by atoms with van der Waals surface area (Å²) in [4.78, 5) is 17.4. The van der Waals surface area contributed by atoms with Gasteiger partial charge in [-0.2, -0.15) is 0 Å². The van der Waals surface area contributed by atoms with Crippen molar-refractivity contribution in [2.45, 2.75) is 39.3 Å². The van der Waals surface area contributed by atoms with Gasteiger partial charge in [0.2, 0.25) is 0 Å². The molecule has 1 aliphatic heterocycles. The Balaban J connectivity index is 2.15. The van der Waals surface area contributed by atoms with Crippen LogP contribution in [0, 0.1) is 5.92 Å². The Morgan fingerprint density at radius 1 is 1.50 bits per heavy atom. The van der Waals surface area contributed by atoms with Crippen LogP contribution in [0.3, 0.4) is 0 Å². The second-order valence-corrected chi connectivity index (χ2v) is 5.28. The second-order valence-electron chi connectivity index (χ2n) is 5.28. The molecular formula is C14H20N2O2. The minimum atomic E-state index is -0.941. The van der Waals surface area contributed by atoms with Gasteiger partial charge in [-0.05, 0) is 37.3 Å². The van der Waals surface area contributed by atoms with Crippen molar-refractivity contribution >= 4 is 5.97 Å². The maximum Gasteiger partial charge on any atom is 0.354 e. The second kappa shape index (κ2) is 5.48. The highest BCUT2D eigenvalue weighted by Crippen LogP contribution is 2.23. The molecule has 0 radical (unpaired) electrons. The summed E-state index contributed by atoms with van der Waals surface area (Å²) in [5, 5.41) is 9.13. The number of aromatic carboxylic acids is 1. The standard InChI is InChI=1S/C14H20N2O2/c1-10-5-6-11(2)16(8-10)9-12-4-3-7-15-13(12)14(17)18/h3-4,7,10-11H,5-6,8-9H2,1-2H3,(H,17,18). The Hall–Kier alpha value is -1.42. The average molecular weight is 248 g/mol. The zero-order valence-corrected chi connectivity index (χ0v) is 11.0. The summed E-state index contributed by atoms with van der Waals surface area (Å²) in [5.74, 6) is -0.255. The molecule has 1 aromatic rings. The molecule has 1 fully saturated rings. The Kier molecular flexibility index (Phi) is 3.97. The largest absolute Gasteiger partial charge is 0.477 e. The molecule has 1 aliphatic rings. The zero-order valence-electron chi connectivity index (χ0n) is 11.0. The Bertz CT molecular complexity index is 434. The number of carboxylic acid groups (broad SMARTS) is 1. The van der Waals surface area contributed by atoms with Gasteiger partial charge in [0.25, 0.3) is 0 Å². The van der Waals surface area contributed by atoms with E-state index in [9.17, 15) is 4.79 Å². The summed E-state index contributed by atoms with van der Waals surface area (Å²) in [5.41, 5.74) is 0.994. The van der Waals surface area contributed by atoms with E-state index in [0.29, 0.717) is 18.5 Å². The van der Waals surface area contributed by atoms with Gasteiger partial charge < -0.3 is 5.11 Å². The molecule has 0 saturated carbocycles. The number of rotatable bonds is 3. The van der Waals surface area contributed by atoms with Crippen LogP contribution >= 0.6 is 0 Å². The van der Waals surface area contributed by atoms with Crippen molar-refractivity contribution in [2.24, 2.45) is 5.92 Å².